The number of hydrogen-bond donors (Lipinski definition) is 0. The molecule has 6 aliphatic rings. The average Bonchev–Trinajstić information content (AvgIpc) is 2.98. The SMILES string of the molecule is CC(C)N1CC2CCC1CN2C(C)CCC(C)N1CC2CCCC1CN2C. The fourth-order valence-corrected chi connectivity index (χ4v) is 6.70. The summed E-state index contributed by atoms with van der Waals surface area (Å²) in [5.74, 6) is 0. The molecule has 0 spiro atoms. The third-order valence-corrected chi connectivity index (χ3v) is 8.50. The molecule has 6 rings (SSSR count). The molecule has 4 heteroatoms. The Bertz CT molecular complexity index is 495. The minimum Gasteiger partial charge on any atom is -0.301 e. The van der Waals surface area contributed by atoms with Crippen LogP contribution in [0.15, 0.2) is 0 Å². The topological polar surface area (TPSA) is 13.0 Å². The molecule has 0 N–H and O–H groups in total. The molecule has 6 unspecified atom stereocenters. The number of hydrogen-bond acceptors (Lipinski definition) is 4. The summed E-state index contributed by atoms with van der Waals surface area (Å²) in [6.45, 7) is 15.0. The first-order valence-electron chi connectivity index (χ1n) is 11.9. The molecule has 0 amide bonds. The molecule has 6 atom stereocenters. The van der Waals surface area contributed by atoms with Crippen LogP contribution in [-0.2, 0) is 0 Å². The van der Waals surface area contributed by atoms with Crippen molar-refractivity contribution >= 4 is 0 Å². The van der Waals surface area contributed by atoms with Crippen molar-refractivity contribution in [2.24, 2.45) is 0 Å². The molecule has 0 saturated carbocycles. The molecular formula is C23H44N4. The van der Waals surface area contributed by atoms with Gasteiger partial charge in [0, 0.05) is 68.5 Å². The number of piperazine rings is 2. The zero-order chi connectivity index (χ0) is 19.1. The highest BCUT2D eigenvalue weighted by molar-refractivity contribution is 4.98. The van der Waals surface area contributed by atoms with E-state index >= 15 is 0 Å². The fraction of sp³-hybridized carbons (Fsp3) is 1.00. The van der Waals surface area contributed by atoms with Crippen LogP contribution in [0.4, 0.5) is 0 Å². The molecule has 6 heterocycles. The zero-order valence-electron chi connectivity index (χ0n) is 18.6. The number of likely N-dealkylation sites (N-methyl/N-ethyl adjacent to an activating group) is 1. The van der Waals surface area contributed by atoms with E-state index in [2.05, 4.69) is 54.3 Å². The molecule has 156 valence electrons. The largest absolute Gasteiger partial charge is 0.301 e. The van der Waals surface area contributed by atoms with Gasteiger partial charge in [-0.25, -0.2) is 0 Å². The van der Waals surface area contributed by atoms with Gasteiger partial charge in [0.25, 0.3) is 0 Å². The van der Waals surface area contributed by atoms with E-state index in [4.69, 9.17) is 0 Å². The van der Waals surface area contributed by atoms with Gasteiger partial charge in [-0.1, -0.05) is 6.42 Å². The average molecular weight is 377 g/mol. The lowest BCUT2D eigenvalue weighted by Crippen LogP contribution is -2.65. The Labute approximate surface area is 168 Å². The van der Waals surface area contributed by atoms with Gasteiger partial charge in [-0.15, -0.1) is 0 Å². The van der Waals surface area contributed by atoms with Gasteiger partial charge in [0.15, 0.2) is 0 Å². The smallest absolute Gasteiger partial charge is 0.0227 e. The minimum absolute atomic E-state index is 0.715. The Morgan fingerprint density at radius 3 is 1.67 bits per heavy atom. The zero-order valence-corrected chi connectivity index (χ0v) is 18.6. The van der Waals surface area contributed by atoms with Gasteiger partial charge in [-0.2, -0.15) is 0 Å². The van der Waals surface area contributed by atoms with Gasteiger partial charge in [0.05, 0.1) is 0 Å². The van der Waals surface area contributed by atoms with Crippen LogP contribution in [0, 0.1) is 0 Å². The maximum atomic E-state index is 2.88. The summed E-state index contributed by atoms with van der Waals surface area (Å²) in [5, 5.41) is 0. The van der Waals surface area contributed by atoms with Gasteiger partial charge in [-0.3, -0.25) is 14.7 Å². The normalized spacial score (nSPS) is 38.4. The second-order valence-electron chi connectivity index (χ2n) is 10.5. The van der Waals surface area contributed by atoms with E-state index in [9.17, 15) is 0 Å². The van der Waals surface area contributed by atoms with Crippen LogP contribution in [-0.4, -0.2) is 95.1 Å². The second-order valence-corrected chi connectivity index (χ2v) is 10.5. The first kappa shape index (κ1) is 20.1. The van der Waals surface area contributed by atoms with E-state index < -0.39 is 0 Å². The van der Waals surface area contributed by atoms with Gasteiger partial charge in [-0.05, 0) is 73.3 Å². The molecule has 0 radical (unpaired) electrons. The van der Waals surface area contributed by atoms with Crippen LogP contribution >= 0.6 is 0 Å². The highest BCUT2D eigenvalue weighted by atomic mass is 15.3. The monoisotopic (exact) mass is 376 g/mol. The molecular weight excluding hydrogens is 332 g/mol. The summed E-state index contributed by atoms with van der Waals surface area (Å²) in [7, 11) is 2.35. The molecule has 0 aromatic heterocycles. The summed E-state index contributed by atoms with van der Waals surface area (Å²) in [6, 6.07) is 5.46. The first-order valence-corrected chi connectivity index (χ1v) is 11.9. The lowest BCUT2D eigenvalue weighted by Gasteiger charge is -2.55. The summed E-state index contributed by atoms with van der Waals surface area (Å²) < 4.78 is 0. The molecule has 0 aliphatic carbocycles. The van der Waals surface area contributed by atoms with Crippen LogP contribution in [0.25, 0.3) is 0 Å². The van der Waals surface area contributed by atoms with Crippen LogP contribution < -0.4 is 0 Å². The second kappa shape index (κ2) is 8.30. The van der Waals surface area contributed by atoms with Gasteiger partial charge in [0.1, 0.15) is 0 Å². The standard InChI is InChI=1S/C23H44N4/c1-17(2)25-15-23-12-11-22(25)16-27(23)19(4)10-9-18(3)26-14-20-7-6-8-21(26)13-24(20)5/h17-23H,6-16H2,1-5H3. The van der Waals surface area contributed by atoms with Crippen molar-refractivity contribution in [3.05, 3.63) is 0 Å². The number of fused-ring (bicyclic) bond motifs is 7. The Kier molecular flexibility index (Phi) is 6.18. The third-order valence-electron chi connectivity index (χ3n) is 8.50. The minimum atomic E-state index is 0.715. The van der Waals surface area contributed by atoms with Crippen molar-refractivity contribution in [3.8, 4) is 0 Å². The number of piperidine rings is 2. The highest BCUT2D eigenvalue weighted by Gasteiger charge is 2.41. The van der Waals surface area contributed by atoms with Crippen molar-refractivity contribution in [1.29, 1.82) is 0 Å². The predicted octanol–water partition coefficient (Wildman–Crippen LogP) is 3.27. The maximum Gasteiger partial charge on any atom is 0.0227 e. The van der Waals surface area contributed by atoms with E-state index in [1.165, 1.54) is 71.1 Å². The molecule has 0 aromatic carbocycles. The summed E-state index contributed by atoms with van der Waals surface area (Å²) in [5.41, 5.74) is 0. The Morgan fingerprint density at radius 1 is 0.630 bits per heavy atom. The van der Waals surface area contributed by atoms with Gasteiger partial charge in [0.2, 0.25) is 0 Å². The molecule has 6 saturated heterocycles. The van der Waals surface area contributed by atoms with Gasteiger partial charge < -0.3 is 4.90 Å². The van der Waals surface area contributed by atoms with Crippen molar-refractivity contribution in [2.45, 2.75) is 115 Å². The molecule has 0 aromatic rings. The van der Waals surface area contributed by atoms with Crippen LogP contribution in [0.2, 0.25) is 0 Å². The Balaban J connectivity index is 1.29. The van der Waals surface area contributed by atoms with E-state index in [1.54, 1.807) is 0 Å². The highest BCUT2D eigenvalue weighted by Crippen LogP contribution is 2.33. The van der Waals surface area contributed by atoms with Crippen molar-refractivity contribution in [2.75, 3.05) is 33.2 Å². The van der Waals surface area contributed by atoms with E-state index in [-0.39, 0.29) is 0 Å². The quantitative estimate of drug-likeness (QED) is 0.705. The van der Waals surface area contributed by atoms with Crippen molar-refractivity contribution in [3.63, 3.8) is 0 Å². The first-order chi connectivity index (χ1) is 12.9. The van der Waals surface area contributed by atoms with E-state index in [0.717, 1.165) is 36.3 Å². The predicted molar refractivity (Wildman–Crippen MR) is 114 cm³/mol. The number of rotatable bonds is 6. The lowest BCUT2D eigenvalue weighted by atomic mass is 9.87. The number of nitrogens with zero attached hydrogens (tertiary/aromatic N) is 4. The van der Waals surface area contributed by atoms with Crippen LogP contribution in [0.3, 0.4) is 0 Å². The van der Waals surface area contributed by atoms with Crippen LogP contribution in [0.1, 0.15) is 72.6 Å². The molecule has 27 heavy (non-hydrogen) atoms. The lowest BCUT2D eigenvalue weighted by molar-refractivity contribution is -0.0558. The van der Waals surface area contributed by atoms with Crippen molar-refractivity contribution < 1.29 is 0 Å². The summed E-state index contributed by atoms with van der Waals surface area (Å²) >= 11 is 0. The summed E-state index contributed by atoms with van der Waals surface area (Å²) in [6.07, 6.45) is 9.86. The van der Waals surface area contributed by atoms with Gasteiger partial charge >= 0.3 is 0 Å². The van der Waals surface area contributed by atoms with E-state index in [1.807, 2.05) is 0 Å². The Morgan fingerprint density at radius 2 is 1.11 bits per heavy atom. The molecule has 4 nitrogen and oxygen atoms in total. The Hall–Kier alpha value is -0.160. The molecule has 6 fully saturated rings. The third kappa shape index (κ3) is 4.10. The molecule has 6 aliphatic heterocycles. The summed E-state index contributed by atoms with van der Waals surface area (Å²) in [4.78, 5) is 11.2. The maximum absolute atomic E-state index is 2.88. The molecule has 4 bridgehead atoms. The fourth-order valence-electron chi connectivity index (χ4n) is 6.70. The van der Waals surface area contributed by atoms with Crippen LogP contribution in [0.5, 0.6) is 0 Å². The van der Waals surface area contributed by atoms with Crippen molar-refractivity contribution in [1.82, 2.24) is 19.6 Å². The van der Waals surface area contributed by atoms with E-state index in [0.29, 0.717) is 6.04 Å².